The number of hydrogen-bond donors (Lipinski definition) is 2. The fourth-order valence-electron chi connectivity index (χ4n) is 2.21. The summed E-state index contributed by atoms with van der Waals surface area (Å²) in [6, 6.07) is 10.4. The molecule has 0 radical (unpaired) electrons. The number of likely N-dealkylation sites (N-methyl/N-ethyl adjacent to an activating group) is 1. The Bertz CT molecular complexity index is 762. The molecule has 130 valence electrons. The van der Waals surface area contributed by atoms with Crippen molar-refractivity contribution in [3.05, 3.63) is 59.9 Å². The molecule has 3 amide bonds. The number of carbonyl (C=O) groups excluding carboxylic acids is 3. The summed E-state index contributed by atoms with van der Waals surface area (Å²) < 4.78 is 0. The van der Waals surface area contributed by atoms with Gasteiger partial charge in [0.05, 0.1) is 6.54 Å². The lowest BCUT2D eigenvalue weighted by Crippen LogP contribution is -2.37. The third-order valence-electron chi connectivity index (χ3n) is 3.44. The minimum absolute atomic E-state index is 0.0942. The molecular formula is C18H20N4O3. The number of nitrogens with zero attached hydrogens (tertiary/aromatic N) is 2. The molecule has 25 heavy (non-hydrogen) atoms. The smallest absolute Gasteiger partial charge is 0.251 e. The number of hydrogen-bond acceptors (Lipinski definition) is 4. The van der Waals surface area contributed by atoms with Crippen LogP contribution < -0.4 is 10.6 Å². The van der Waals surface area contributed by atoms with E-state index < -0.39 is 0 Å². The molecule has 2 aromatic rings. The zero-order chi connectivity index (χ0) is 18.2. The highest BCUT2D eigenvalue weighted by Crippen LogP contribution is 2.12. The van der Waals surface area contributed by atoms with Gasteiger partial charge in [0.15, 0.2) is 0 Å². The normalized spacial score (nSPS) is 10.0. The van der Waals surface area contributed by atoms with Crippen LogP contribution in [0.5, 0.6) is 0 Å². The Labute approximate surface area is 146 Å². The minimum atomic E-state index is -0.322. The van der Waals surface area contributed by atoms with Crippen molar-refractivity contribution in [3.8, 4) is 0 Å². The molecule has 0 saturated carbocycles. The van der Waals surface area contributed by atoms with Crippen LogP contribution in [0.15, 0.2) is 48.8 Å². The van der Waals surface area contributed by atoms with Crippen LogP contribution in [-0.4, -0.2) is 41.2 Å². The van der Waals surface area contributed by atoms with Crippen molar-refractivity contribution in [1.29, 1.82) is 0 Å². The molecule has 2 rings (SSSR count). The molecule has 0 aliphatic rings. The van der Waals surface area contributed by atoms with Crippen LogP contribution in [-0.2, 0) is 16.1 Å². The molecule has 0 aliphatic carbocycles. The number of aromatic nitrogens is 1. The topological polar surface area (TPSA) is 91.4 Å². The van der Waals surface area contributed by atoms with E-state index >= 15 is 0 Å². The van der Waals surface area contributed by atoms with Gasteiger partial charge in [0, 0.05) is 44.2 Å². The number of amides is 3. The van der Waals surface area contributed by atoms with Gasteiger partial charge >= 0.3 is 0 Å². The standard InChI is InChI=1S/C18H20N4O3/c1-13(23)21-16-5-3-4-14(10-16)12-22(2)17(24)11-20-18(25)15-6-8-19-9-7-15/h3-10H,11-12H2,1-2H3,(H,20,25)(H,21,23). The van der Waals surface area contributed by atoms with Gasteiger partial charge in [0.1, 0.15) is 0 Å². The van der Waals surface area contributed by atoms with Gasteiger partial charge in [-0.2, -0.15) is 0 Å². The molecule has 1 heterocycles. The first-order chi connectivity index (χ1) is 12.0. The van der Waals surface area contributed by atoms with Crippen molar-refractivity contribution in [1.82, 2.24) is 15.2 Å². The summed E-state index contributed by atoms with van der Waals surface area (Å²) in [5.74, 6) is -0.690. The summed E-state index contributed by atoms with van der Waals surface area (Å²) >= 11 is 0. The molecular weight excluding hydrogens is 320 g/mol. The van der Waals surface area contributed by atoms with Gasteiger partial charge in [-0.05, 0) is 29.8 Å². The predicted molar refractivity (Wildman–Crippen MR) is 93.8 cm³/mol. The summed E-state index contributed by atoms with van der Waals surface area (Å²) in [5, 5.41) is 5.29. The SMILES string of the molecule is CC(=O)Nc1cccc(CN(C)C(=O)CNC(=O)c2ccncc2)c1. The van der Waals surface area contributed by atoms with Gasteiger partial charge in [-0.25, -0.2) is 0 Å². The Morgan fingerprint density at radius 1 is 1.12 bits per heavy atom. The fourth-order valence-corrected chi connectivity index (χ4v) is 2.21. The van der Waals surface area contributed by atoms with Crippen molar-refractivity contribution in [2.24, 2.45) is 0 Å². The highest BCUT2D eigenvalue weighted by molar-refractivity contribution is 5.96. The minimum Gasteiger partial charge on any atom is -0.343 e. The first kappa shape index (κ1) is 18.1. The van der Waals surface area contributed by atoms with Crippen molar-refractivity contribution >= 4 is 23.4 Å². The lowest BCUT2D eigenvalue weighted by atomic mass is 10.2. The summed E-state index contributed by atoms with van der Waals surface area (Å²) in [5.41, 5.74) is 2.01. The quantitative estimate of drug-likeness (QED) is 0.832. The maximum Gasteiger partial charge on any atom is 0.251 e. The van der Waals surface area contributed by atoms with Crippen LogP contribution in [0.4, 0.5) is 5.69 Å². The third kappa shape index (κ3) is 5.72. The first-order valence-electron chi connectivity index (χ1n) is 7.74. The summed E-state index contributed by atoms with van der Waals surface area (Å²) in [4.78, 5) is 40.6. The molecule has 1 aromatic heterocycles. The maximum absolute atomic E-state index is 12.2. The second kappa shape index (κ2) is 8.58. The average molecular weight is 340 g/mol. The summed E-state index contributed by atoms with van der Waals surface area (Å²) in [6.45, 7) is 1.72. The van der Waals surface area contributed by atoms with Crippen molar-refractivity contribution < 1.29 is 14.4 Å². The predicted octanol–water partition coefficient (Wildman–Crippen LogP) is 1.43. The van der Waals surface area contributed by atoms with Crippen LogP contribution in [0.1, 0.15) is 22.8 Å². The third-order valence-corrected chi connectivity index (χ3v) is 3.44. The van der Waals surface area contributed by atoms with E-state index in [1.807, 2.05) is 12.1 Å². The van der Waals surface area contributed by atoms with Crippen LogP contribution >= 0.6 is 0 Å². The highest BCUT2D eigenvalue weighted by atomic mass is 16.2. The van der Waals surface area contributed by atoms with Gasteiger partial charge in [-0.15, -0.1) is 0 Å². The van der Waals surface area contributed by atoms with Gasteiger partial charge in [0.2, 0.25) is 11.8 Å². The van der Waals surface area contributed by atoms with E-state index in [1.54, 1.807) is 31.3 Å². The highest BCUT2D eigenvalue weighted by Gasteiger charge is 2.12. The molecule has 0 bridgehead atoms. The zero-order valence-electron chi connectivity index (χ0n) is 14.2. The van der Waals surface area contributed by atoms with E-state index in [-0.39, 0.29) is 24.3 Å². The van der Waals surface area contributed by atoms with E-state index in [1.165, 1.54) is 24.2 Å². The molecule has 7 heteroatoms. The van der Waals surface area contributed by atoms with Crippen LogP contribution in [0.3, 0.4) is 0 Å². The lowest BCUT2D eigenvalue weighted by Gasteiger charge is -2.18. The lowest BCUT2D eigenvalue weighted by molar-refractivity contribution is -0.129. The van der Waals surface area contributed by atoms with Crippen LogP contribution in [0.25, 0.3) is 0 Å². The molecule has 0 spiro atoms. The largest absolute Gasteiger partial charge is 0.343 e. The molecule has 0 fully saturated rings. The summed E-state index contributed by atoms with van der Waals surface area (Å²) in [6.07, 6.45) is 3.04. The molecule has 1 aromatic carbocycles. The van der Waals surface area contributed by atoms with E-state index in [2.05, 4.69) is 15.6 Å². The number of benzene rings is 1. The Morgan fingerprint density at radius 3 is 2.52 bits per heavy atom. The second-order valence-corrected chi connectivity index (χ2v) is 5.55. The number of rotatable bonds is 6. The molecule has 0 atom stereocenters. The number of nitrogens with one attached hydrogen (secondary N) is 2. The van der Waals surface area contributed by atoms with Gasteiger partial charge in [0.25, 0.3) is 5.91 Å². The van der Waals surface area contributed by atoms with E-state index in [4.69, 9.17) is 0 Å². The molecule has 7 nitrogen and oxygen atoms in total. The van der Waals surface area contributed by atoms with Gasteiger partial charge in [-0.3, -0.25) is 19.4 Å². The monoisotopic (exact) mass is 340 g/mol. The Hall–Kier alpha value is -3.22. The molecule has 0 unspecified atom stereocenters. The van der Waals surface area contributed by atoms with Crippen molar-refractivity contribution in [2.75, 3.05) is 18.9 Å². The number of anilines is 1. The maximum atomic E-state index is 12.2. The first-order valence-corrected chi connectivity index (χ1v) is 7.74. The van der Waals surface area contributed by atoms with Crippen molar-refractivity contribution in [3.63, 3.8) is 0 Å². The zero-order valence-corrected chi connectivity index (χ0v) is 14.2. The Kier molecular flexibility index (Phi) is 6.22. The summed E-state index contributed by atoms with van der Waals surface area (Å²) in [7, 11) is 1.66. The van der Waals surface area contributed by atoms with Gasteiger partial charge in [-0.1, -0.05) is 12.1 Å². The van der Waals surface area contributed by atoms with Crippen LogP contribution in [0, 0.1) is 0 Å². The average Bonchev–Trinajstić information content (AvgIpc) is 2.59. The van der Waals surface area contributed by atoms with E-state index in [9.17, 15) is 14.4 Å². The Morgan fingerprint density at radius 2 is 1.84 bits per heavy atom. The van der Waals surface area contributed by atoms with Gasteiger partial charge < -0.3 is 15.5 Å². The molecule has 2 N–H and O–H groups in total. The number of pyridine rings is 1. The fraction of sp³-hybridized carbons (Fsp3) is 0.222. The molecule has 0 aliphatic heterocycles. The number of carbonyl (C=O) groups is 3. The second-order valence-electron chi connectivity index (χ2n) is 5.55. The Balaban J connectivity index is 1.88. The van der Waals surface area contributed by atoms with E-state index in [0.717, 1.165) is 5.56 Å². The van der Waals surface area contributed by atoms with Crippen LogP contribution in [0.2, 0.25) is 0 Å². The molecule has 0 saturated heterocycles. The van der Waals surface area contributed by atoms with E-state index in [0.29, 0.717) is 17.8 Å². The van der Waals surface area contributed by atoms with Crippen molar-refractivity contribution in [2.45, 2.75) is 13.5 Å².